The van der Waals surface area contributed by atoms with E-state index in [1.165, 1.54) is 6.92 Å². The summed E-state index contributed by atoms with van der Waals surface area (Å²) in [6, 6.07) is 4.92. The summed E-state index contributed by atoms with van der Waals surface area (Å²) in [6.45, 7) is 8.90. The lowest BCUT2D eigenvalue weighted by Gasteiger charge is -2.30. The van der Waals surface area contributed by atoms with E-state index in [0.29, 0.717) is 10.4 Å². The second-order valence-electron chi connectivity index (χ2n) is 7.92. The molecule has 2 unspecified atom stereocenters. The summed E-state index contributed by atoms with van der Waals surface area (Å²) >= 11 is 5.65. The molecule has 5 nitrogen and oxygen atoms in total. The van der Waals surface area contributed by atoms with Crippen LogP contribution in [-0.2, 0) is 21.0 Å². The van der Waals surface area contributed by atoms with E-state index in [9.17, 15) is 26.4 Å². The minimum absolute atomic E-state index is 0.304. The molecule has 0 radical (unpaired) electrons. The van der Waals surface area contributed by atoms with E-state index in [2.05, 4.69) is 5.32 Å². The predicted molar refractivity (Wildman–Crippen MR) is 120 cm³/mol. The molecule has 176 valence electrons. The first-order chi connectivity index (χ1) is 14.5. The number of anilines is 1. The van der Waals surface area contributed by atoms with Crippen molar-refractivity contribution in [3.8, 4) is 0 Å². The topological polar surface area (TPSA) is 66.5 Å². The molecule has 0 fully saturated rings. The number of rotatable bonds is 6. The molecule has 32 heavy (non-hydrogen) atoms. The van der Waals surface area contributed by atoms with E-state index in [4.69, 9.17) is 11.6 Å². The van der Waals surface area contributed by atoms with Crippen molar-refractivity contribution >= 4 is 33.2 Å². The molecule has 0 aromatic heterocycles. The van der Waals surface area contributed by atoms with Gasteiger partial charge in [0.15, 0.2) is 0 Å². The molecule has 2 aromatic carbocycles. The van der Waals surface area contributed by atoms with Crippen LogP contribution in [0.3, 0.4) is 0 Å². The van der Waals surface area contributed by atoms with Crippen molar-refractivity contribution in [2.24, 2.45) is 0 Å². The van der Waals surface area contributed by atoms with Crippen molar-refractivity contribution in [3.63, 3.8) is 0 Å². The van der Waals surface area contributed by atoms with Crippen LogP contribution in [-0.4, -0.2) is 26.6 Å². The lowest BCUT2D eigenvalue weighted by atomic mass is 9.96. The normalized spacial score (nSPS) is 14.1. The quantitative estimate of drug-likeness (QED) is 0.596. The van der Waals surface area contributed by atoms with Gasteiger partial charge in [-0.05, 0) is 75.1 Å². The number of hydrogen-bond donors (Lipinski definition) is 1. The highest BCUT2D eigenvalue weighted by Crippen LogP contribution is 2.37. The Kier molecular flexibility index (Phi) is 7.56. The summed E-state index contributed by atoms with van der Waals surface area (Å²) < 4.78 is 65.4. The maximum Gasteiger partial charge on any atom is 0.417 e. The smallest absolute Gasteiger partial charge is 0.348 e. The molecule has 2 aromatic rings. The van der Waals surface area contributed by atoms with Gasteiger partial charge in [-0.25, -0.2) is 8.42 Å². The zero-order valence-corrected chi connectivity index (χ0v) is 20.2. The summed E-state index contributed by atoms with van der Waals surface area (Å²) in [5.74, 6) is -0.649. The summed E-state index contributed by atoms with van der Waals surface area (Å²) in [5, 5.41) is 2.20. The number of carbonyl (C=O) groups is 1. The number of halogens is 4. The molecule has 2 rings (SSSR count). The van der Waals surface area contributed by atoms with Crippen LogP contribution in [0.15, 0.2) is 30.3 Å². The number of hydrogen-bond acceptors (Lipinski definition) is 3. The van der Waals surface area contributed by atoms with Gasteiger partial charge in [0, 0.05) is 0 Å². The van der Waals surface area contributed by atoms with Gasteiger partial charge in [-0.15, -0.1) is 0 Å². The predicted octanol–water partition coefficient (Wildman–Crippen LogP) is 5.32. The Morgan fingerprint density at radius 2 is 1.59 bits per heavy atom. The Labute approximate surface area is 191 Å². The van der Waals surface area contributed by atoms with Crippen LogP contribution in [0.1, 0.15) is 47.7 Å². The van der Waals surface area contributed by atoms with Crippen molar-refractivity contribution in [3.05, 3.63) is 63.2 Å². The van der Waals surface area contributed by atoms with Gasteiger partial charge in [-0.2, -0.15) is 13.2 Å². The third-order valence-corrected chi connectivity index (χ3v) is 6.88. The Morgan fingerprint density at radius 1 is 1.03 bits per heavy atom. The zero-order chi connectivity index (χ0) is 24.6. The number of amides is 1. The first-order valence-electron chi connectivity index (χ1n) is 9.78. The SMILES string of the molecule is Cc1cc(C)c(C(C)NC(=O)C(C)N(c2ccc(Cl)c(C(F)(F)F)c2)S(C)(=O)=O)cc1C. The first-order valence-corrected chi connectivity index (χ1v) is 12.0. The molecule has 1 amide bonds. The molecule has 0 aliphatic carbocycles. The molecule has 0 saturated carbocycles. The second kappa shape index (κ2) is 9.31. The third-order valence-electron chi connectivity index (χ3n) is 5.31. The van der Waals surface area contributed by atoms with Crippen LogP contribution in [0.5, 0.6) is 0 Å². The van der Waals surface area contributed by atoms with Gasteiger partial charge >= 0.3 is 6.18 Å². The maximum atomic E-state index is 13.3. The second-order valence-corrected chi connectivity index (χ2v) is 10.2. The molecule has 0 aliphatic rings. The Balaban J connectivity index is 2.40. The number of nitrogens with zero attached hydrogens (tertiary/aromatic N) is 1. The number of benzene rings is 2. The fourth-order valence-electron chi connectivity index (χ4n) is 3.54. The average Bonchev–Trinajstić information content (AvgIpc) is 2.63. The highest BCUT2D eigenvalue weighted by atomic mass is 35.5. The number of aryl methyl sites for hydroxylation is 3. The van der Waals surface area contributed by atoms with Gasteiger partial charge in [-0.1, -0.05) is 23.7 Å². The molecule has 0 bridgehead atoms. The maximum absolute atomic E-state index is 13.3. The number of alkyl halides is 3. The van der Waals surface area contributed by atoms with Gasteiger partial charge in [0.25, 0.3) is 0 Å². The molecule has 0 aliphatic heterocycles. The Morgan fingerprint density at radius 3 is 2.12 bits per heavy atom. The highest BCUT2D eigenvalue weighted by molar-refractivity contribution is 7.92. The first kappa shape index (κ1) is 26.0. The molecular formula is C22H26ClF3N2O3S. The lowest BCUT2D eigenvalue weighted by Crippen LogP contribution is -2.48. The molecule has 0 saturated heterocycles. The minimum Gasteiger partial charge on any atom is -0.348 e. The van der Waals surface area contributed by atoms with E-state index >= 15 is 0 Å². The average molecular weight is 491 g/mol. The number of carbonyl (C=O) groups excluding carboxylic acids is 1. The monoisotopic (exact) mass is 490 g/mol. The van der Waals surface area contributed by atoms with E-state index < -0.39 is 44.8 Å². The molecular weight excluding hydrogens is 465 g/mol. The van der Waals surface area contributed by atoms with Gasteiger partial charge in [0.2, 0.25) is 15.9 Å². The molecule has 1 N–H and O–H groups in total. The molecule has 10 heteroatoms. The Bertz CT molecular complexity index is 1130. The number of nitrogens with one attached hydrogen (secondary N) is 1. The van der Waals surface area contributed by atoms with Gasteiger partial charge in [-0.3, -0.25) is 9.10 Å². The van der Waals surface area contributed by atoms with Crippen LogP contribution in [0, 0.1) is 20.8 Å². The minimum atomic E-state index is -4.78. The molecule has 0 heterocycles. The van der Waals surface area contributed by atoms with Gasteiger partial charge in [0.05, 0.1) is 28.6 Å². The van der Waals surface area contributed by atoms with Crippen molar-refractivity contribution in [1.82, 2.24) is 5.32 Å². The fraction of sp³-hybridized carbons (Fsp3) is 0.409. The van der Waals surface area contributed by atoms with Crippen LogP contribution in [0.25, 0.3) is 0 Å². The summed E-state index contributed by atoms with van der Waals surface area (Å²) in [4.78, 5) is 12.9. The van der Waals surface area contributed by atoms with E-state index in [0.717, 1.165) is 40.6 Å². The van der Waals surface area contributed by atoms with E-state index in [1.807, 2.05) is 32.9 Å². The fourth-order valence-corrected chi connectivity index (χ4v) is 4.93. The van der Waals surface area contributed by atoms with Crippen LogP contribution < -0.4 is 9.62 Å². The molecule has 0 spiro atoms. The van der Waals surface area contributed by atoms with Crippen molar-refractivity contribution < 1.29 is 26.4 Å². The highest BCUT2D eigenvalue weighted by Gasteiger charge is 2.36. The van der Waals surface area contributed by atoms with Crippen molar-refractivity contribution in [2.75, 3.05) is 10.6 Å². The standard InChI is InChI=1S/C22H26ClF3N2O3S/c1-12-9-14(3)18(10-13(12)2)15(4)27-21(29)16(5)28(32(6,30)31)17-7-8-20(23)19(11-17)22(24,25)26/h7-11,15-16H,1-6H3,(H,27,29). The lowest BCUT2D eigenvalue weighted by molar-refractivity contribution is -0.137. The summed E-state index contributed by atoms with van der Waals surface area (Å²) in [6.07, 6.45) is -3.95. The van der Waals surface area contributed by atoms with Gasteiger partial charge in [0.1, 0.15) is 6.04 Å². The van der Waals surface area contributed by atoms with Crippen LogP contribution in [0.4, 0.5) is 18.9 Å². The van der Waals surface area contributed by atoms with Crippen molar-refractivity contribution in [2.45, 2.75) is 52.9 Å². The van der Waals surface area contributed by atoms with E-state index in [1.54, 1.807) is 6.92 Å². The van der Waals surface area contributed by atoms with Crippen molar-refractivity contribution in [1.29, 1.82) is 0 Å². The Hall–Kier alpha value is -2.26. The summed E-state index contributed by atoms with van der Waals surface area (Å²) in [5.41, 5.74) is 2.48. The molecule has 2 atom stereocenters. The number of sulfonamides is 1. The summed E-state index contributed by atoms with van der Waals surface area (Å²) in [7, 11) is -4.10. The van der Waals surface area contributed by atoms with Crippen LogP contribution >= 0.6 is 11.6 Å². The van der Waals surface area contributed by atoms with E-state index in [-0.39, 0.29) is 5.69 Å². The largest absolute Gasteiger partial charge is 0.417 e. The third kappa shape index (κ3) is 5.75. The van der Waals surface area contributed by atoms with Crippen LogP contribution in [0.2, 0.25) is 5.02 Å². The van der Waals surface area contributed by atoms with Gasteiger partial charge < -0.3 is 5.32 Å². The zero-order valence-electron chi connectivity index (χ0n) is 18.6.